The quantitative estimate of drug-likeness (QED) is 0.654. The van der Waals surface area contributed by atoms with Gasteiger partial charge in [-0.25, -0.2) is 4.79 Å². The number of nitrogens with one attached hydrogen (secondary N) is 3. The van der Waals surface area contributed by atoms with Crippen LogP contribution in [0.25, 0.3) is 0 Å². The minimum Gasteiger partial charge on any atom is -0.347 e. The Labute approximate surface area is 135 Å². The lowest BCUT2D eigenvalue weighted by molar-refractivity contribution is -0.140. The van der Waals surface area contributed by atoms with Crippen LogP contribution in [-0.2, 0) is 14.4 Å². The largest absolute Gasteiger partial charge is 0.347 e. The Morgan fingerprint density at radius 2 is 1.78 bits per heavy atom. The van der Waals surface area contributed by atoms with Gasteiger partial charge in [-0.1, -0.05) is 40.0 Å². The number of nitrogens with zero attached hydrogens (tertiary/aromatic N) is 1. The van der Waals surface area contributed by atoms with Crippen LogP contribution in [0.1, 0.15) is 52.9 Å². The molecule has 1 aliphatic heterocycles. The highest BCUT2D eigenvalue weighted by Crippen LogP contribution is 2.32. The van der Waals surface area contributed by atoms with Crippen molar-refractivity contribution in [3.05, 3.63) is 0 Å². The Hall–Kier alpha value is -2.12. The Bertz CT molecular complexity index is 532. The number of rotatable bonds is 3. The molecule has 0 unspecified atom stereocenters. The summed E-state index contributed by atoms with van der Waals surface area (Å²) in [5.74, 6) is -1.31. The summed E-state index contributed by atoms with van der Waals surface area (Å²) in [6.45, 7) is 4.89. The molecule has 1 spiro atoms. The van der Waals surface area contributed by atoms with Gasteiger partial charge in [-0.2, -0.15) is 5.01 Å². The number of carbonyl (C=O) groups is 4. The van der Waals surface area contributed by atoms with Crippen molar-refractivity contribution in [2.75, 3.05) is 6.54 Å². The zero-order valence-corrected chi connectivity index (χ0v) is 13.8. The van der Waals surface area contributed by atoms with Crippen LogP contribution in [0.15, 0.2) is 0 Å². The van der Waals surface area contributed by atoms with E-state index >= 15 is 0 Å². The minimum atomic E-state index is -0.878. The average Bonchev–Trinajstić information content (AvgIpc) is 2.69. The first-order chi connectivity index (χ1) is 10.7. The number of hydrazine groups is 1. The molecule has 0 bridgehead atoms. The number of carbonyl (C=O) groups excluding carboxylic acids is 4. The standard InChI is InChI=1S/C15H24N4O4/c1-14(2,3)11(21)16-9-10(20)18-19-12(22)15(17-13(19)23)7-5-4-6-8-15/h4-9H2,1-3H3,(H,16,21)(H,17,23)(H,18,20). The molecular formula is C15H24N4O4. The van der Waals surface area contributed by atoms with Crippen LogP contribution in [0.3, 0.4) is 0 Å². The van der Waals surface area contributed by atoms with E-state index in [2.05, 4.69) is 16.1 Å². The molecule has 0 aromatic carbocycles. The summed E-state index contributed by atoms with van der Waals surface area (Å²) in [5.41, 5.74) is 0.779. The molecule has 0 aromatic heterocycles. The monoisotopic (exact) mass is 324 g/mol. The van der Waals surface area contributed by atoms with Gasteiger partial charge >= 0.3 is 6.03 Å². The molecule has 1 saturated carbocycles. The van der Waals surface area contributed by atoms with Crippen LogP contribution < -0.4 is 16.1 Å². The first kappa shape index (κ1) is 17.2. The maximum atomic E-state index is 12.5. The van der Waals surface area contributed by atoms with Crippen molar-refractivity contribution in [1.29, 1.82) is 0 Å². The van der Waals surface area contributed by atoms with E-state index in [1.165, 1.54) is 0 Å². The highest BCUT2D eigenvalue weighted by molar-refractivity contribution is 6.08. The van der Waals surface area contributed by atoms with E-state index in [4.69, 9.17) is 0 Å². The summed E-state index contributed by atoms with van der Waals surface area (Å²) < 4.78 is 0. The average molecular weight is 324 g/mol. The molecule has 2 aliphatic rings. The Balaban J connectivity index is 1.92. The van der Waals surface area contributed by atoms with Gasteiger partial charge in [-0.3, -0.25) is 19.8 Å². The number of imide groups is 1. The zero-order chi connectivity index (χ0) is 17.3. The third-order valence-corrected chi connectivity index (χ3v) is 4.20. The SMILES string of the molecule is CC(C)(C)C(=O)NCC(=O)NN1C(=O)NC2(CCCCC2)C1=O. The summed E-state index contributed by atoms with van der Waals surface area (Å²) in [6, 6.07) is -0.618. The summed E-state index contributed by atoms with van der Waals surface area (Å²) in [7, 11) is 0. The lowest BCUT2D eigenvalue weighted by Crippen LogP contribution is -2.52. The van der Waals surface area contributed by atoms with Gasteiger partial charge in [-0.05, 0) is 12.8 Å². The number of hydrogen-bond acceptors (Lipinski definition) is 4. The second-order valence-electron chi connectivity index (χ2n) is 7.18. The summed E-state index contributed by atoms with van der Waals surface area (Å²) >= 11 is 0. The van der Waals surface area contributed by atoms with Crippen molar-refractivity contribution in [3.63, 3.8) is 0 Å². The summed E-state index contributed by atoms with van der Waals surface area (Å²) in [4.78, 5) is 48.1. The van der Waals surface area contributed by atoms with Gasteiger partial charge in [0.15, 0.2) is 0 Å². The van der Waals surface area contributed by atoms with Crippen LogP contribution in [0, 0.1) is 5.41 Å². The van der Waals surface area contributed by atoms with E-state index in [1.54, 1.807) is 20.8 Å². The van der Waals surface area contributed by atoms with E-state index < -0.39 is 28.8 Å². The van der Waals surface area contributed by atoms with E-state index in [0.29, 0.717) is 12.8 Å². The van der Waals surface area contributed by atoms with Crippen LogP contribution >= 0.6 is 0 Å². The van der Waals surface area contributed by atoms with Crippen LogP contribution in [0.5, 0.6) is 0 Å². The molecule has 2 fully saturated rings. The molecule has 1 aliphatic carbocycles. The zero-order valence-electron chi connectivity index (χ0n) is 13.8. The van der Waals surface area contributed by atoms with Crippen molar-refractivity contribution < 1.29 is 19.2 Å². The third kappa shape index (κ3) is 3.62. The van der Waals surface area contributed by atoms with Crippen LogP contribution in [0.4, 0.5) is 4.79 Å². The van der Waals surface area contributed by atoms with Crippen molar-refractivity contribution in [2.45, 2.75) is 58.4 Å². The molecule has 8 heteroatoms. The first-order valence-electron chi connectivity index (χ1n) is 7.90. The van der Waals surface area contributed by atoms with Crippen LogP contribution in [0.2, 0.25) is 0 Å². The predicted octanol–water partition coefficient (Wildman–Crippen LogP) is 0.435. The van der Waals surface area contributed by atoms with Gasteiger partial charge < -0.3 is 10.6 Å². The van der Waals surface area contributed by atoms with Gasteiger partial charge in [0.1, 0.15) is 5.54 Å². The number of urea groups is 1. The lowest BCUT2D eigenvalue weighted by atomic mass is 9.82. The predicted molar refractivity (Wildman–Crippen MR) is 81.8 cm³/mol. The fourth-order valence-corrected chi connectivity index (χ4v) is 2.81. The molecule has 0 atom stereocenters. The topological polar surface area (TPSA) is 108 Å². The first-order valence-corrected chi connectivity index (χ1v) is 7.90. The fraction of sp³-hybridized carbons (Fsp3) is 0.733. The fourth-order valence-electron chi connectivity index (χ4n) is 2.81. The Morgan fingerprint density at radius 1 is 1.17 bits per heavy atom. The Morgan fingerprint density at radius 3 is 2.35 bits per heavy atom. The molecule has 128 valence electrons. The third-order valence-electron chi connectivity index (χ3n) is 4.20. The van der Waals surface area contributed by atoms with E-state index in [0.717, 1.165) is 24.3 Å². The molecule has 23 heavy (non-hydrogen) atoms. The maximum Gasteiger partial charge on any atom is 0.344 e. The molecule has 0 radical (unpaired) electrons. The molecule has 5 amide bonds. The molecule has 1 heterocycles. The normalized spacial score (nSPS) is 20.4. The molecular weight excluding hydrogens is 300 g/mol. The van der Waals surface area contributed by atoms with Gasteiger partial charge in [-0.15, -0.1) is 0 Å². The van der Waals surface area contributed by atoms with Crippen molar-refractivity contribution >= 4 is 23.8 Å². The summed E-state index contributed by atoms with van der Waals surface area (Å²) in [5, 5.41) is 5.91. The minimum absolute atomic E-state index is 0.284. The summed E-state index contributed by atoms with van der Waals surface area (Å²) in [6.07, 6.45) is 3.95. The van der Waals surface area contributed by atoms with Crippen molar-refractivity contribution in [1.82, 2.24) is 21.1 Å². The molecule has 0 aromatic rings. The Kier molecular flexibility index (Phi) is 4.63. The lowest BCUT2D eigenvalue weighted by Gasteiger charge is -2.30. The van der Waals surface area contributed by atoms with E-state index in [9.17, 15) is 19.2 Å². The van der Waals surface area contributed by atoms with Gasteiger partial charge in [0.2, 0.25) is 5.91 Å². The van der Waals surface area contributed by atoms with E-state index in [-0.39, 0.29) is 12.5 Å². The maximum absolute atomic E-state index is 12.5. The smallest absolute Gasteiger partial charge is 0.344 e. The van der Waals surface area contributed by atoms with Crippen molar-refractivity contribution in [2.24, 2.45) is 5.41 Å². The highest BCUT2D eigenvalue weighted by atomic mass is 16.2. The van der Waals surface area contributed by atoms with Crippen molar-refractivity contribution in [3.8, 4) is 0 Å². The highest BCUT2D eigenvalue weighted by Gasteiger charge is 2.52. The second-order valence-corrected chi connectivity index (χ2v) is 7.18. The molecule has 2 rings (SSSR count). The van der Waals surface area contributed by atoms with E-state index in [1.807, 2.05) is 0 Å². The molecule has 1 saturated heterocycles. The molecule has 3 N–H and O–H groups in total. The second kappa shape index (κ2) is 6.17. The van der Waals surface area contributed by atoms with Crippen LogP contribution in [-0.4, -0.2) is 40.8 Å². The molecule has 8 nitrogen and oxygen atoms in total. The van der Waals surface area contributed by atoms with Gasteiger partial charge in [0, 0.05) is 5.41 Å². The number of hydrogen-bond donors (Lipinski definition) is 3. The van der Waals surface area contributed by atoms with Gasteiger partial charge in [0.25, 0.3) is 11.8 Å². The van der Waals surface area contributed by atoms with Gasteiger partial charge in [0.05, 0.1) is 6.54 Å². The number of amides is 5.